The van der Waals surface area contributed by atoms with Crippen LogP contribution < -0.4 is 5.32 Å². The minimum atomic E-state index is -5.17. The van der Waals surface area contributed by atoms with Crippen LogP contribution in [0, 0.1) is 16.7 Å². The Morgan fingerprint density at radius 2 is 2.24 bits per heavy atom. The highest BCUT2D eigenvalue weighted by atomic mass is 19.4. The maximum Gasteiger partial charge on any atom is 0.471 e. The van der Waals surface area contributed by atoms with Crippen LogP contribution >= 0.6 is 0 Å². The number of azo groups is 1. The van der Waals surface area contributed by atoms with Crippen LogP contribution in [-0.2, 0) is 4.79 Å². The van der Waals surface area contributed by atoms with Gasteiger partial charge in [0, 0.05) is 10.3 Å². The summed E-state index contributed by atoms with van der Waals surface area (Å²) in [7, 11) is 0. The van der Waals surface area contributed by atoms with E-state index >= 15 is 0 Å². The molecule has 1 aromatic heterocycles. The Morgan fingerprint density at radius 3 is 2.76 bits per heavy atom. The van der Waals surface area contributed by atoms with Crippen molar-refractivity contribution in [3.8, 4) is 6.19 Å². The Kier molecular flexibility index (Phi) is 3.22. The Balaban J connectivity index is 2.96. The third-order valence-electron chi connectivity index (χ3n) is 1.28. The maximum atomic E-state index is 11.9. The first-order valence-corrected chi connectivity index (χ1v) is 3.64. The molecule has 1 amide bonds. The first kappa shape index (κ1) is 12.4. The maximum absolute atomic E-state index is 11.9. The quantitative estimate of drug-likeness (QED) is 0.354. The van der Waals surface area contributed by atoms with Crippen molar-refractivity contribution >= 4 is 17.5 Å². The molecule has 0 radical (unpaired) electrons. The molecule has 12 heteroatoms. The molecule has 1 rings (SSSR count). The summed E-state index contributed by atoms with van der Waals surface area (Å²) in [4.78, 5) is 10.0. The van der Waals surface area contributed by atoms with E-state index in [2.05, 4.69) is 20.1 Å². The summed E-state index contributed by atoms with van der Waals surface area (Å²) >= 11 is 0. The Bertz CT molecular complexity index is 500. The highest BCUT2D eigenvalue weighted by Gasteiger charge is 2.40. The highest BCUT2D eigenvalue weighted by molar-refractivity contribution is 5.95. The molecule has 17 heavy (non-hydrogen) atoms. The van der Waals surface area contributed by atoms with Crippen molar-refractivity contribution in [1.82, 2.24) is 10.3 Å². The van der Waals surface area contributed by atoms with Crippen molar-refractivity contribution in [2.75, 3.05) is 5.32 Å². The van der Waals surface area contributed by atoms with E-state index in [0.29, 0.717) is 0 Å². The molecule has 0 unspecified atom stereocenters. The van der Waals surface area contributed by atoms with Gasteiger partial charge in [-0.25, -0.2) is 0 Å². The Morgan fingerprint density at radius 1 is 1.59 bits per heavy atom. The number of anilines is 1. The van der Waals surface area contributed by atoms with Gasteiger partial charge in [-0.05, 0) is 0 Å². The van der Waals surface area contributed by atoms with Gasteiger partial charge in [0.15, 0.2) is 5.16 Å². The zero-order valence-electron chi connectivity index (χ0n) is 7.59. The summed E-state index contributed by atoms with van der Waals surface area (Å²) in [6.45, 7) is 0. The number of carbonyl (C=O) groups excluding carboxylic acids is 1. The lowest BCUT2D eigenvalue weighted by molar-refractivity contribution is -0.439. The largest absolute Gasteiger partial charge is 0.690 e. The standard InChI is InChI=1S/C5HF3N6O3/c6-5(7,8)4(15)11-2-3(13-17-12-2)14(16)10-1-9/h(H,11,12,15). The highest BCUT2D eigenvalue weighted by Crippen LogP contribution is 2.22. The van der Waals surface area contributed by atoms with Crippen molar-refractivity contribution < 1.29 is 27.5 Å². The van der Waals surface area contributed by atoms with Crippen LogP contribution in [0.15, 0.2) is 9.74 Å². The van der Waals surface area contributed by atoms with Crippen molar-refractivity contribution in [2.45, 2.75) is 6.18 Å². The lowest BCUT2D eigenvalue weighted by Gasteiger charge is -2.04. The lowest BCUT2D eigenvalue weighted by atomic mass is 10.5. The molecule has 0 bridgehead atoms. The number of rotatable bonds is 2. The third-order valence-corrected chi connectivity index (χ3v) is 1.28. The van der Waals surface area contributed by atoms with Gasteiger partial charge < -0.3 is 5.21 Å². The van der Waals surface area contributed by atoms with Crippen molar-refractivity contribution in [2.24, 2.45) is 5.11 Å². The molecule has 0 saturated carbocycles. The molecule has 1 N–H and O–H groups in total. The lowest BCUT2D eigenvalue weighted by Crippen LogP contribution is -2.30. The van der Waals surface area contributed by atoms with E-state index in [0.717, 1.165) is 6.19 Å². The minimum Gasteiger partial charge on any atom is -0.690 e. The number of hydrogen-bond acceptors (Lipinski definition) is 7. The number of nitriles is 1. The number of halogens is 3. The molecule has 1 aromatic rings. The summed E-state index contributed by atoms with van der Waals surface area (Å²) in [5, 5.41) is 28.5. The van der Waals surface area contributed by atoms with E-state index in [9.17, 15) is 23.2 Å². The second-order valence-corrected chi connectivity index (χ2v) is 2.36. The monoisotopic (exact) mass is 250 g/mol. The predicted molar refractivity (Wildman–Crippen MR) is 40.3 cm³/mol. The summed E-state index contributed by atoms with van der Waals surface area (Å²) < 4.78 is 39.5. The van der Waals surface area contributed by atoms with E-state index in [-0.39, 0.29) is 0 Å². The molecule has 9 nitrogen and oxygen atoms in total. The number of alkyl halides is 3. The fourth-order valence-electron chi connectivity index (χ4n) is 0.655. The summed E-state index contributed by atoms with van der Waals surface area (Å²) in [5.74, 6) is -4.16. The normalized spacial score (nSPS) is 12.0. The molecule has 90 valence electrons. The molecule has 0 atom stereocenters. The van der Waals surface area contributed by atoms with E-state index in [1.165, 1.54) is 5.32 Å². The smallest absolute Gasteiger partial charge is 0.471 e. The molecule has 1 heterocycles. The molecule has 0 aliphatic carbocycles. The molecule has 0 saturated heterocycles. The predicted octanol–water partition coefficient (Wildman–Crippen LogP) is 0.645. The summed E-state index contributed by atoms with van der Waals surface area (Å²) in [6, 6.07) is 0. The molecule has 0 aromatic carbocycles. The SMILES string of the molecule is N#CN=[N+]([O-])c1nonc1NC(=O)C(F)(F)F. The summed E-state index contributed by atoms with van der Waals surface area (Å²) in [6.07, 6.45) is -4.11. The van der Waals surface area contributed by atoms with E-state index in [1.54, 1.807) is 0 Å². The third kappa shape index (κ3) is 2.87. The average Bonchev–Trinajstić information content (AvgIpc) is 2.64. The first-order valence-electron chi connectivity index (χ1n) is 3.64. The Labute approximate surface area is 89.7 Å². The van der Waals surface area contributed by atoms with Crippen LogP contribution in [0.1, 0.15) is 0 Å². The first-order chi connectivity index (χ1) is 7.86. The van der Waals surface area contributed by atoms with Crippen LogP contribution in [0.25, 0.3) is 0 Å². The fourth-order valence-corrected chi connectivity index (χ4v) is 0.655. The van der Waals surface area contributed by atoms with Gasteiger partial charge in [0.2, 0.25) is 6.19 Å². The average molecular weight is 250 g/mol. The van der Waals surface area contributed by atoms with Gasteiger partial charge in [-0.1, -0.05) is 0 Å². The number of nitrogens with one attached hydrogen (secondary N) is 1. The molecular formula is C5HF3N6O3. The van der Waals surface area contributed by atoms with Crippen molar-refractivity contribution in [3.05, 3.63) is 5.21 Å². The molecule has 0 aliphatic rings. The zero-order chi connectivity index (χ0) is 13.1. The van der Waals surface area contributed by atoms with Gasteiger partial charge in [0.05, 0.1) is 0 Å². The minimum absolute atomic E-state index is 0.456. The summed E-state index contributed by atoms with van der Waals surface area (Å²) in [5.41, 5.74) is 0. The zero-order valence-corrected chi connectivity index (χ0v) is 7.59. The fraction of sp³-hybridized carbons (Fsp3) is 0.200. The van der Waals surface area contributed by atoms with Crippen LogP contribution in [-0.4, -0.2) is 27.3 Å². The van der Waals surface area contributed by atoms with Gasteiger partial charge in [0.25, 0.3) is 5.82 Å². The van der Waals surface area contributed by atoms with Crippen LogP contribution in [0.2, 0.25) is 0 Å². The van der Waals surface area contributed by atoms with Gasteiger partial charge in [0.1, 0.15) is 0 Å². The van der Waals surface area contributed by atoms with Gasteiger partial charge in [-0.15, -0.1) is 9.49 Å². The molecular weight excluding hydrogens is 249 g/mol. The van der Waals surface area contributed by atoms with Crippen LogP contribution in [0.5, 0.6) is 0 Å². The van der Waals surface area contributed by atoms with Gasteiger partial charge in [-0.3, -0.25) is 10.1 Å². The van der Waals surface area contributed by atoms with Crippen molar-refractivity contribution in [1.29, 1.82) is 5.26 Å². The van der Waals surface area contributed by atoms with E-state index in [1.807, 2.05) is 0 Å². The van der Waals surface area contributed by atoms with Crippen LogP contribution in [0.4, 0.5) is 24.8 Å². The number of amides is 1. The molecule has 0 fully saturated rings. The van der Waals surface area contributed by atoms with E-state index in [4.69, 9.17) is 5.26 Å². The van der Waals surface area contributed by atoms with Gasteiger partial charge in [-0.2, -0.15) is 18.4 Å². The van der Waals surface area contributed by atoms with Crippen molar-refractivity contribution in [3.63, 3.8) is 0 Å². The number of hydrogen-bond donors (Lipinski definition) is 1. The van der Waals surface area contributed by atoms with Crippen LogP contribution in [0.3, 0.4) is 0 Å². The second-order valence-electron chi connectivity index (χ2n) is 2.36. The number of nitrogens with zero attached hydrogens (tertiary/aromatic N) is 5. The second kappa shape index (κ2) is 4.43. The van der Waals surface area contributed by atoms with Gasteiger partial charge >= 0.3 is 17.9 Å². The number of carbonyl (C=O) groups is 1. The topological polar surface area (TPSA) is 130 Å². The Hall–Kier alpha value is -2.71. The molecule has 0 aliphatic heterocycles. The van der Waals surface area contributed by atoms with E-state index < -0.39 is 28.6 Å². The molecule has 0 spiro atoms. The number of aromatic nitrogens is 2.